The molecule has 0 aliphatic carbocycles. The lowest BCUT2D eigenvalue weighted by molar-refractivity contribution is -0.136. The van der Waals surface area contributed by atoms with Crippen LogP contribution in [0.25, 0.3) is 0 Å². The average molecular weight is 254 g/mol. The van der Waals surface area contributed by atoms with Crippen molar-refractivity contribution in [2.45, 2.75) is 40.3 Å². The Hall–Kier alpha value is -1.02. The largest absolute Gasteiger partial charge is 0.336 e. The highest BCUT2D eigenvalue weighted by atomic mass is 35.5. The van der Waals surface area contributed by atoms with E-state index in [0.717, 1.165) is 5.56 Å². The maximum atomic E-state index is 12.1. The molecule has 0 radical (unpaired) electrons. The second-order valence-corrected chi connectivity index (χ2v) is 5.28. The molecule has 17 heavy (non-hydrogen) atoms. The summed E-state index contributed by atoms with van der Waals surface area (Å²) in [6.07, 6.45) is 0. The summed E-state index contributed by atoms with van der Waals surface area (Å²) in [5.74, 6) is 0.205. The Bertz CT molecular complexity index is 388. The van der Waals surface area contributed by atoms with Crippen molar-refractivity contribution in [2.24, 2.45) is 5.92 Å². The number of halogens is 1. The molecule has 1 aromatic carbocycles. The van der Waals surface area contributed by atoms with Crippen molar-refractivity contribution >= 4 is 17.5 Å². The lowest BCUT2D eigenvalue weighted by Gasteiger charge is -2.28. The van der Waals surface area contributed by atoms with E-state index in [2.05, 4.69) is 0 Å². The van der Waals surface area contributed by atoms with E-state index in [1.807, 2.05) is 56.9 Å². The third-order valence-corrected chi connectivity index (χ3v) is 2.88. The molecule has 0 N–H and O–H groups in total. The first kappa shape index (κ1) is 14.0. The number of carbonyl (C=O) groups excluding carboxylic acids is 1. The van der Waals surface area contributed by atoms with Gasteiger partial charge in [0, 0.05) is 23.5 Å². The normalized spacial score (nSPS) is 11.0. The van der Waals surface area contributed by atoms with Gasteiger partial charge in [-0.3, -0.25) is 4.79 Å². The van der Waals surface area contributed by atoms with Crippen LogP contribution in [0.2, 0.25) is 5.02 Å². The molecule has 3 heteroatoms. The molecule has 0 bridgehead atoms. The van der Waals surface area contributed by atoms with E-state index in [-0.39, 0.29) is 17.9 Å². The van der Waals surface area contributed by atoms with E-state index >= 15 is 0 Å². The highest BCUT2D eigenvalue weighted by Gasteiger charge is 2.19. The van der Waals surface area contributed by atoms with E-state index in [4.69, 9.17) is 11.6 Å². The summed E-state index contributed by atoms with van der Waals surface area (Å²) in [6, 6.07) is 7.86. The van der Waals surface area contributed by atoms with Gasteiger partial charge in [-0.1, -0.05) is 37.6 Å². The monoisotopic (exact) mass is 253 g/mol. The van der Waals surface area contributed by atoms with Gasteiger partial charge in [0.25, 0.3) is 0 Å². The molecule has 0 saturated carbocycles. The number of hydrogen-bond donors (Lipinski definition) is 0. The van der Waals surface area contributed by atoms with Gasteiger partial charge in [-0.25, -0.2) is 0 Å². The Kier molecular flexibility index (Phi) is 5.01. The number of rotatable bonds is 4. The minimum Gasteiger partial charge on any atom is -0.336 e. The van der Waals surface area contributed by atoms with Crippen molar-refractivity contribution in [2.75, 3.05) is 0 Å². The topological polar surface area (TPSA) is 20.3 Å². The van der Waals surface area contributed by atoms with Crippen molar-refractivity contribution < 1.29 is 4.79 Å². The summed E-state index contributed by atoms with van der Waals surface area (Å²) < 4.78 is 0. The van der Waals surface area contributed by atoms with Crippen LogP contribution in [-0.2, 0) is 11.3 Å². The van der Waals surface area contributed by atoms with Gasteiger partial charge in [-0.05, 0) is 31.5 Å². The van der Waals surface area contributed by atoms with Crippen LogP contribution in [0, 0.1) is 5.92 Å². The molecule has 0 aromatic heterocycles. The van der Waals surface area contributed by atoms with E-state index in [9.17, 15) is 4.79 Å². The standard InChI is InChI=1S/C14H20ClNO/c1-10(2)14(17)16(11(3)4)9-12-6-5-7-13(15)8-12/h5-8,10-11H,9H2,1-4H3. The zero-order valence-corrected chi connectivity index (χ0v) is 11.7. The molecule has 1 aromatic rings. The van der Waals surface area contributed by atoms with Crippen LogP contribution >= 0.6 is 11.6 Å². The fourth-order valence-corrected chi connectivity index (χ4v) is 1.89. The van der Waals surface area contributed by atoms with Crippen LogP contribution in [0.3, 0.4) is 0 Å². The first-order chi connectivity index (χ1) is 7.91. The van der Waals surface area contributed by atoms with Crippen LogP contribution in [0.4, 0.5) is 0 Å². The van der Waals surface area contributed by atoms with Gasteiger partial charge in [-0.2, -0.15) is 0 Å². The number of nitrogens with zero attached hydrogens (tertiary/aromatic N) is 1. The molecule has 1 rings (SSSR count). The van der Waals surface area contributed by atoms with E-state index in [0.29, 0.717) is 11.6 Å². The summed E-state index contributed by atoms with van der Waals surface area (Å²) in [5, 5.41) is 0.711. The highest BCUT2D eigenvalue weighted by Crippen LogP contribution is 2.16. The summed E-state index contributed by atoms with van der Waals surface area (Å²) in [4.78, 5) is 14.0. The fraction of sp³-hybridized carbons (Fsp3) is 0.500. The summed E-state index contributed by atoms with van der Waals surface area (Å²) >= 11 is 5.95. The Morgan fingerprint density at radius 1 is 1.29 bits per heavy atom. The summed E-state index contributed by atoms with van der Waals surface area (Å²) in [5.41, 5.74) is 1.07. The zero-order valence-electron chi connectivity index (χ0n) is 10.9. The Balaban J connectivity index is 2.84. The number of hydrogen-bond acceptors (Lipinski definition) is 1. The Morgan fingerprint density at radius 2 is 1.94 bits per heavy atom. The molecule has 94 valence electrons. The molecule has 0 fully saturated rings. The molecule has 0 atom stereocenters. The predicted octanol–water partition coefficient (Wildman–Crippen LogP) is 3.73. The highest BCUT2D eigenvalue weighted by molar-refractivity contribution is 6.30. The van der Waals surface area contributed by atoms with Crippen LogP contribution in [0.5, 0.6) is 0 Å². The molecule has 0 aliphatic heterocycles. The van der Waals surface area contributed by atoms with Crippen molar-refractivity contribution in [3.05, 3.63) is 34.9 Å². The number of amides is 1. The maximum Gasteiger partial charge on any atom is 0.225 e. The van der Waals surface area contributed by atoms with E-state index in [1.165, 1.54) is 0 Å². The smallest absolute Gasteiger partial charge is 0.225 e. The van der Waals surface area contributed by atoms with Gasteiger partial charge >= 0.3 is 0 Å². The molecule has 0 spiro atoms. The summed E-state index contributed by atoms with van der Waals surface area (Å²) in [7, 11) is 0. The molecule has 0 unspecified atom stereocenters. The average Bonchev–Trinajstić information content (AvgIpc) is 2.24. The van der Waals surface area contributed by atoms with E-state index < -0.39 is 0 Å². The van der Waals surface area contributed by atoms with Gasteiger partial charge in [-0.15, -0.1) is 0 Å². The zero-order chi connectivity index (χ0) is 13.0. The lowest BCUT2D eigenvalue weighted by Crippen LogP contribution is -2.38. The van der Waals surface area contributed by atoms with Crippen LogP contribution in [0.1, 0.15) is 33.3 Å². The van der Waals surface area contributed by atoms with Gasteiger partial charge in [0.2, 0.25) is 5.91 Å². The van der Waals surface area contributed by atoms with Gasteiger partial charge in [0.15, 0.2) is 0 Å². The number of benzene rings is 1. The minimum absolute atomic E-state index is 0.0246. The quantitative estimate of drug-likeness (QED) is 0.801. The van der Waals surface area contributed by atoms with Crippen LogP contribution in [0.15, 0.2) is 24.3 Å². The molecule has 1 amide bonds. The minimum atomic E-state index is 0.0246. The molecule has 0 saturated heterocycles. The van der Waals surface area contributed by atoms with Gasteiger partial charge in [0.1, 0.15) is 0 Å². The van der Waals surface area contributed by atoms with Crippen molar-refractivity contribution in [1.82, 2.24) is 4.90 Å². The second kappa shape index (κ2) is 6.06. The summed E-state index contributed by atoms with van der Waals surface area (Å²) in [6.45, 7) is 8.54. The van der Waals surface area contributed by atoms with Gasteiger partial charge in [0.05, 0.1) is 0 Å². The molecule has 0 aliphatic rings. The van der Waals surface area contributed by atoms with Crippen LogP contribution < -0.4 is 0 Å². The van der Waals surface area contributed by atoms with Crippen molar-refractivity contribution in [3.8, 4) is 0 Å². The third kappa shape index (κ3) is 4.04. The molecule has 0 heterocycles. The SMILES string of the molecule is CC(C)C(=O)N(Cc1cccc(Cl)c1)C(C)C. The molecule has 2 nitrogen and oxygen atoms in total. The first-order valence-electron chi connectivity index (χ1n) is 5.96. The fourth-order valence-electron chi connectivity index (χ4n) is 1.68. The predicted molar refractivity (Wildman–Crippen MR) is 72.0 cm³/mol. The third-order valence-electron chi connectivity index (χ3n) is 2.64. The Morgan fingerprint density at radius 3 is 2.41 bits per heavy atom. The van der Waals surface area contributed by atoms with Crippen molar-refractivity contribution in [3.63, 3.8) is 0 Å². The van der Waals surface area contributed by atoms with Crippen molar-refractivity contribution in [1.29, 1.82) is 0 Å². The van der Waals surface area contributed by atoms with E-state index in [1.54, 1.807) is 0 Å². The molecular formula is C14H20ClNO. The second-order valence-electron chi connectivity index (χ2n) is 4.84. The Labute approximate surface area is 109 Å². The molecular weight excluding hydrogens is 234 g/mol. The first-order valence-corrected chi connectivity index (χ1v) is 6.34. The number of carbonyl (C=O) groups is 1. The lowest BCUT2D eigenvalue weighted by atomic mass is 10.1. The maximum absolute atomic E-state index is 12.1. The van der Waals surface area contributed by atoms with Crippen LogP contribution in [-0.4, -0.2) is 16.8 Å². The van der Waals surface area contributed by atoms with Gasteiger partial charge < -0.3 is 4.90 Å².